The molecule has 0 unspecified atom stereocenters. The van der Waals surface area contributed by atoms with Gasteiger partial charge in [-0.1, -0.05) is 58.5 Å². The number of nitrogens with zero attached hydrogens (tertiary/aromatic N) is 2. The van der Waals surface area contributed by atoms with Gasteiger partial charge in [0.15, 0.2) is 12.9 Å². The van der Waals surface area contributed by atoms with Gasteiger partial charge in [0, 0.05) is 0 Å². The average Bonchev–Trinajstić information content (AvgIpc) is 3.15. The molecule has 0 aliphatic carbocycles. The lowest BCUT2D eigenvalue weighted by Gasteiger charge is -2.03. The van der Waals surface area contributed by atoms with Gasteiger partial charge in [-0.2, -0.15) is 0 Å². The van der Waals surface area contributed by atoms with Crippen LogP contribution < -0.4 is 10.9 Å². The molecule has 0 fully saturated rings. The lowest BCUT2D eigenvalue weighted by Crippen LogP contribution is -2.20. The topological polar surface area (TPSA) is 38.9 Å². The summed E-state index contributed by atoms with van der Waals surface area (Å²) in [5.74, 6) is 0. The van der Waals surface area contributed by atoms with Crippen molar-refractivity contribution < 1.29 is 4.52 Å². The Morgan fingerprint density at radius 3 is 2.64 bits per heavy atom. The van der Waals surface area contributed by atoms with Gasteiger partial charge in [-0.3, -0.25) is 0 Å². The highest BCUT2D eigenvalue weighted by Gasteiger charge is 2.22. The second-order valence-electron chi connectivity index (χ2n) is 5.39. The summed E-state index contributed by atoms with van der Waals surface area (Å²) in [6, 6.07) is 20.3. The van der Waals surface area contributed by atoms with Gasteiger partial charge in [0.25, 0.3) is 0 Å². The first-order valence-corrected chi connectivity index (χ1v) is 7.20. The SMILES string of the molecule is [B]1c2ccccc2-c2nc(-c3noc4ccccc34)ccc21. The fraction of sp³-hybridized carbons (Fsp3) is 0. The third kappa shape index (κ3) is 1.58. The molecule has 1 radical (unpaired) electrons. The van der Waals surface area contributed by atoms with E-state index in [1.165, 1.54) is 11.0 Å². The lowest BCUT2D eigenvalue weighted by molar-refractivity contribution is 0.459. The van der Waals surface area contributed by atoms with E-state index in [0.29, 0.717) is 0 Å². The second-order valence-corrected chi connectivity index (χ2v) is 5.39. The molecule has 2 aromatic carbocycles. The summed E-state index contributed by atoms with van der Waals surface area (Å²) < 4.78 is 5.39. The molecule has 0 atom stereocenters. The van der Waals surface area contributed by atoms with E-state index in [9.17, 15) is 0 Å². The van der Waals surface area contributed by atoms with Gasteiger partial charge in [-0.25, -0.2) is 4.98 Å². The molecule has 1 aliphatic heterocycles. The first-order chi connectivity index (χ1) is 10.9. The fourth-order valence-electron chi connectivity index (χ4n) is 3.01. The van der Waals surface area contributed by atoms with E-state index in [1.807, 2.05) is 42.5 Å². The molecule has 0 saturated heterocycles. The predicted octanol–water partition coefficient (Wildman–Crippen LogP) is 2.53. The van der Waals surface area contributed by atoms with Crippen molar-refractivity contribution in [3.63, 3.8) is 0 Å². The Hall–Kier alpha value is -2.88. The Morgan fingerprint density at radius 2 is 1.64 bits per heavy atom. The quantitative estimate of drug-likeness (QED) is 0.443. The van der Waals surface area contributed by atoms with Crippen LogP contribution in [0.2, 0.25) is 0 Å². The Bertz CT molecular complexity index is 1020. The minimum Gasteiger partial charge on any atom is -0.356 e. The van der Waals surface area contributed by atoms with Crippen molar-refractivity contribution >= 4 is 29.2 Å². The standard InChI is InChI=1S/C18H10BN2O/c1-3-7-13-11(5-1)17-14(19-13)9-10-15(20-17)18-12-6-2-4-8-16(12)22-21-18/h1-10H. The highest BCUT2D eigenvalue weighted by molar-refractivity contribution is 6.73. The molecule has 5 rings (SSSR count). The lowest BCUT2D eigenvalue weighted by atomic mass is 9.68. The molecule has 4 heteroatoms. The van der Waals surface area contributed by atoms with Crippen LogP contribution in [0.25, 0.3) is 33.6 Å². The highest BCUT2D eigenvalue weighted by Crippen LogP contribution is 2.28. The summed E-state index contributed by atoms with van der Waals surface area (Å²) in [6.07, 6.45) is 0. The van der Waals surface area contributed by atoms with Crippen LogP contribution in [-0.4, -0.2) is 17.4 Å². The summed E-state index contributed by atoms with van der Waals surface area (Å²) in [5, 5.41) is 5.19. The Balaban J connectivity index is 1.73. The second kappa shape index (κ2) is 4.31. The van der Waals surface area contributed by atoms with E-state index >= 15 is 0 Å². The number of rotatable bonds is 1. The molecular formula is C18H10BN2O. The van der Waals surface area contributed by atoms with Gasteiger partial charge in [0.2, 0.25) is 0 Å². The van der Waals surface area contributed by atoms with Gasteiger partial charge < -0.3 is 4.52 Å². The van der Waals surface area contributed by atoms with Crippen molar-refractivity contribution in [2.24, 2.45) is 0 Å². The van der Waals surface area contributed by atoms with Crippen LogP contribution in [0.4, 0.5) is 0 Å². The summed E-state index contributed by atoms with van der Waals surface area (Å²) in [7, 11) is 2.17. The molecule has 2 aromatic heterocycles. The molecule has 0 saturated carbocycles. The zero-order chi connectivity index (χ0) is 14.5. The van der Waals surface area contributed by atoms with E-state index < -0.39 is 0 Å². The number of fused-ring (bicyclic) bond motifs is 4. The van der Waals surface area contributed by atoms with Crippen LogP contribution in [0.1, 0.15) is 0 Å². The summed E-state index contributed by atoms with van der Waals surface area (Å²) in [5.41, 5.74) is 6.97. The third-order valence-electron chi connectivity index (χ3n) is 4.07. The number of benzene rings is 2. The minimum absolute atomic E-state index is 0.784. The van der Waals surface area contributed by atoms with Gasteiger partial charge in [-0.05, 0) is 23.8 Å². The zero-order valence-corrected chi connectivity index (χ0v) is 11.7. The summed E-state index contributed by atoms with van der Waals surface area (Å²) in [6.45, 7) is 0. The molecule has 1 aliphatic rings. The minimum atomic E-state index is 0.784. The molecule has 0 amide bonds. The van der Waals surface area contributed by atoms with Gasteiger partial charge in [0.1, 0.15) is 5.69 Å². The van der Waals surface area contributed by atoms with E-state index in [-0.39, 0.29) is 0 Å². The number of hydrogen-bond donors (Lipinski definition) is 0. The van der Waals surface area contributed by atoms with Crippen LogP contribution >= 0.6 is 0 Å². The normalized spacial score (nSPS) is 12.0. The number of hydrogen-bond acceptors (Lipinski definition) is 3. The van der Waals surface area contributed by atoms with E-state index in [4.69, 9.17) is 9.51 Å². The van der Waals surface area contributed by atoms with Crippen LogP contribution in [0.3, 0.4) is 0 Å². The van der Waals surface area contributed by atoms with Crippen molar-refractivity contribution in [3.05, 3.63) is 60.7 Å². The van der Waals surface area contributed by atoms with Crippen molar-refractivity contribution in [1.29, 1.82) is 0 Å². The maximum absolute atomic E-state index is 5.39. The maximum atomic E-state index is 5.39. The molecule has 101 valence electrons. The summed E-state index contributed by atoms with van der Waals surface area (Å²) in [4.78, 5) is 4.83. The molecule has 0 N–H and O–H groups in total. The molecule has 4 aromatic rings. The van der Waals surface area contributed by atoms with Gasteiger partial charge >= 0.3 is 0 Å². The molecular weight excluding hydrogens is 271 g/mol. The number of aromatic nitrogens is 2. The third-order valence-corrected chi connectivity index (χ3v) is 4.07. The van der Waals surface area contributed by atoms with Crippen molar-refractivity contribution in [1.82, 2.24) is 10.1 Å². The smallest absolute Gasteiger partial charge is 0.195 e. The molecule has 0 bridgehead atoms. The maximum Gasteiger partial charge on any atom is 0.195 e. The van der Waals surface area contributed by atoms with E-state index in [1.54, 1.807) is 0 Å². The van der Waals surface area contributed by atoms with E-state index in [2.05, 4.69) is 30.6 Å². The first-order valence-electron chi connectivity index (χ1n) is 7.20. The average molecular weight is 281 g/mol. The van der Waals surface area contributed by atoms with Crippen LogP contribution in [0.15, 0.2) is 65.2 Å². The Labute approximate surface area is 127 Å². The van der Waals surface area contributed by atoms with Crippen molar-refractivity contribution in [2.45, 2.75) is 0 Å². The summed E-state index contributed by atoms with van der Waals surface area (Å²) >= 11 is 0. The molecule has 3 nitrogen and oxygen atoms in total. The van der Waals surface area contributed by atoms with Crippen LogP contribution in [0.5, 0.6) is 0 Å². The van der Waals surface area contributed by atoms with Crippen molar-refractivity contribution in [3.8, 4) is 22.6 Å². The van der Waals surface area contributed by atoms with E-state index in [0.717, 1.165) is 33.5 Å². The molecule has 3 heterocycles. The largest absolute Gasteiger partial charge is 0.356 e. The predicted molar refractivity (Wildman–Crippen MR) is 87.7 cm³/mol. The number of para-hydroxylation sites is 1. The zero-order valence-electron chi connectivity index (χ0n) is 11.7. The Kier molecular flexibility index (Phi) is 2.30. The number of pyridine rings is 1. The molecule has 0 spiro atoms. The Morgan fingerprint density at radius 1 is 0.773 bits per heavy atom. The monoisotopic (exact) mass is 281 g/mol. The fourth-order valence-corrected chi connectivity index (χ4v) is 3.01. The van der Waals surface area contributed by atoms with Crippen LogP contribution in [-0.2, 0) is 0 Å². The van der Waals surface area contributed by atoms with Crippen LogP contribution in [0, 0.1) is 0 Å². The first kappa shape index (κ1) is 11.7. The van der Waals surface area contributed by atoms with Crippen molar-refractivity contribution in [2.75, 3.05) is 0 Å². The molecule has 22 heavy (non-hydrogen) atoms. The highest BCUT2D eigenvalue weighted by atomic mass is 16.5. The van der Waals surface area contributed by atoms with Gasteiger partial charge in [-0.15, -0.1) is 0 Å². The van der Waals surface area contributed by atoms with Gasteiger partial charge in [0.05, 0.1) is 16.8 Å².